The van der Waals surface area contributed by atoms with Gasteiger partial charge in [-0.15, -0.1) is 0 Å². The molecule has 1 amide bonds. The first-order valence-corrected chi connectivity index (χ1v) is 9.59. The van der Waals surface area contributed by atoms with Crippen molar-refractivity contribution in [3.63, 3.8) is 0 Å². The molecule has 0 fully saturated rings. The second-order valence-electron chi connectivity index (χ2n) is 7.53. The van der Waals surface area contributed by atoms with Crippen molar-refractivity contribution in [3.8, 4) is 5.75 Å². The number of amides is 1. The Hall–Kier alpha value is -3.67. The van der Waals surface area contributed by atoms with Crippen LogP contribution < -0.4 is 14.5 Å². The van der Waals surface area contributed by atoms with Gasteiger partial charge >= 0.3 is 6.09 Å². The van der Waals surface area contributed by atoms with E-state index in [1.807, 2.05) is 80.4 Å². The summed E-state index contributed by atoms with van der Waals surface area (Å²) in [5, 5.41) is 0. The maximum Gasteiger partial charge on any atom is 0.419 e. The van der Waals surface area contributed by atoms with Crippen molar-refractivity contribution >= 4 is 29.6 Å². The minimum atomic E-state index is -0.657. The van der Waals surface area contributed by atoms with Crippen LogP contribution in [0.4, 0.5) is 22.0 Å². The predicted molar refractivity (Wildman–Crippen MR) is 119 cm³/mol. The van der Waals surface area contributed by atoms with Gasteiger partial charge < -0.3 is 14.4 Å². The van der Waals surface area contributed by atoms with Crippen molar-refractivity contribution in [1.29, 1.82) is 0 Å². The molecule has 6 heteroatoms. The van der Waals surface area contributed by atoms with Gasteiger partial charge in [0.25, 0.3) is 0 Å². The van der Waals surface area contributed by atoms with Gasteiger partial charge in [-0.05, 0) is 56.3 Å². The van der Waals surface area contributed by atoms with E-state index in [1.165, 1.54) is 4.90 Å². The van der Waals surface area contributed by atoms with Crippen molar-refractivity contribution < 1.29 is 14.3 Å². The Morgan fingerprint density at radius 1 is 0.933 bits per heavy atom. The van der Waals surface area contributed by atoms with Crippen LogP contribution in [0, 0.1) is 0 Å². The fraction of sp³-hybridized carbons (Fsp3) is 0.208. The molecule has 0 atom stereocenters. The smallest absolute Gasteiger partial charge is 0.410 e. The van der Waals surface area contributed by atoms with Gasteiger partial charge in [0.15, 0.2) is 0 Å². The minimum absolute atomic E-state index is 0.439. The molecule has 154 valence electrons. The Balaban J connectivity index is 1.76. The average molecular weight is 403 g/mol. The number of aldehydes is 1. The van der Waals surface area contributed by atoms with E-state index in [0.717, 1.165) is 23.2 Å². The fourth-order valence-corrected chi connectivity index (χ4v) is 3.02. The van der Waals surface area contributed by atoms with E-state index in [2.05, 4.69) is 4.98 Å². The first-order chi connectivity index (χ1) is 14.3. The zero-order valence-corrected chi connectivity index (χ0v) is 17.6. The van der Waals surface area contributed by atoms with Gasteiger partial charge in [0, 0.05) is 42.6 Å². The van der Waals surface area contributed by atoms with Crippen LogP contribution in [0.5, 0.6) is 5.75 Å². The summed E-state index contributed by atoms with van der Waals surface area (Å²) >= 11 is 0. The SMILES string of the molecule is CN(C(=O)Oc1ccc(N(C)c2ncccc2C(C)(C)C=O)cc1)c1ccccc1. The summed E-state index contributed by atoms with van der Waals surface area (Å²) in [6.45, 7) is 3.72. The van der Waals surface area contributed by atoms with Crippen LogP contribution in [0.3, 0.4) is 0 Å². The molecule has 0 unspecified atom stereocenters. The molecule has 0 aliphatic heterocycles. The summed E-state index contributed by atoms with van der Waals surface area (Å²) in [5.41, 5.74) is 1.78. The second kappa shape index (κ2) is 8.78. The van der Waals surface area contributed by atoms with E-state index in [-0.39, 0.29) is 0 Å². The van der Waals surface area contributed by atoms with E-state index in [1.54, 1.807) is 25.4 Å². The molecule has 0 bridgehead atoms. The van der Waals surface area contributed by atoms with Gasteiger partial charge in [-0.25, -0.2) is 9.78 Å². The first-order valence-electron chi connectivity index (χ1n) is 9.59. The monoisotopic (exact) mass is 403 g/mol. The van der Waals surface area contributed by atoms with Crippen LogP contribution in [0.1, 0.15) is 19.4 Å². The third kappa shape index (κ3) is 4.49. The third-order valence-corrected chi connectivity index (χ3v) is 4.94. The van der Waals surface area contributed by atoms with E-state index < -0.39 is 11.5 Å². The summed E-state index contributed by atoms with van der Waals surface area (Å²) in [6.07, 6.45) is 2.15. The van der Waals surface area contributed by atoms with Crippen LogP contribution in [0.2, 0.25) is 0 Å². The Morgan fingerprint density at radius 3 is 2.23 bits per heavy atom. The molecule has 1 aromatic heterocycles. The third-order valence-electron chi connectivity index (χ3n) is 4.94. The average Bonchev–Trinajstić information content (AvgIpc) is 2.79. The van der Waals surface area contributed by atoms with Crippen molar-refractivity contribution in [2.75, 3.05) is 23.9 Å². The van der Waals surface area contributed by atoms with Crippen LogP contribution in [0.15, 0.2) is 72.9 Å². The van der Waals surface area contributed by atoms with Crippen LogP contribution in [0.25, 0.3) is 0 Å². The predicted octanol–water partition coefficient (Wildman–Crippen LogP) is 4.96. The van der Waals surface area contributed by atoms with E-state index in [0.29, 0.717) is 11.6 Å². The fourth-order valence-electron chi connectivity index (χ4n) is 3.02. The first kappa shape index (κ1) is 21.0. The number of carbonyl (C=O) groups excluding carboxylic acids is 2. The number of aromatic nitrogens is 1. The number of ether oxygens (including phenoxy) is 1. The number of para-hydroxylation sites is 1. The lowest BCUT2D eigenvalue weighted by molar-refractivity contribution is -0.111. The molecule has 6 nitrogen and oxygen atoms in total. The Labute approximate surface area is 176 Å². The van der Waals surface area contributed by atoms with E-state index in [4.69, 9.17) is 4.74 Å². The van der Waals surface area contributed by atoms with Gasteiger partial charge in [-0.3, -0.25) is 4.90 Å². The maximum absolute atomic E-state index is 12.4. The number of benzene rings is 2. The van der Waals surface area contributed by atoms with Gasteiger partial charge in [0.2, 0.25) is 0 Å². The molecule has 0 saturated heterocycles. The molecule has 0 N–H and O–H groups in total. The number of anilines is 3. The van der Waals surface area contributed by atoms with Gasteiger partial charge in [0.05, 0.1) is 0 Å². The highest BCUT2D eigenvalue weighted by molar-refractivity contribution is 5.88. The zero-order valence-electron chi connectivity index (χ0n) is 17.6. The molecule has 0 spiro atoms. The molecular formula is C24H25N3O3. The highest BCUT2D eigenvalue weighted by Crippen LogP contribution is 2.33. The van der Waals surface area contributed by atoms with Crippen molar-refractivity contribution in [1.82, 2.24) is 4.98 Å². The van der Waals surface area contributed by atoms with E-state index in [9.17, 15) is 9.59 Å². The normalized spacial score (nSPS) is 10.9. The summed E-state index contributed by atoms with van der Waals surface area (Å²) in [6, 6.07) is 20.2. The van der Waals surface area contributed by atoms with Crippen molar-refractivity contribution in [2.24, 2.45) is 0 Å². The molecule has 0 aliphatic rings. The number of rotatable bonds is 6. The highest BCUT2D eigenvalue weighted by Gasteiger charge is 2.25. The highest BCUT2D eigenvalue weighted by atomic mass is 16.6. The lowest BCUT2D eigenvalue weighted by Crippen LogP contribution is -2.29. The van der Waals surface area contributed by atoms with Crippen molar-refractivity contribution in [2.45, 2.75) is 19.3 Å². The number of hydrogen-bond donors (Lipinski definition) is 0. The summed E-state index contributed by atoms with van der Waals surface area (Å²) in [5.74, 6) is 1.14. The Morgan fingerprint density at radius 2 is 1.60 bits per heavy atom. The number of nitrogens with zero attached hydrogens (tertiary/aromatic N) is 3. The van der Waals surface area contributed by atoms with Gasteiger partial charge in [-0.1, -0.05) is 24.3 Å². The van der Waals surface area contributed by atoms with Crippen LogP contribution in [-0.2, 0) is 10.2 Å². The summed E-state index contributed by atoms with van der Waals surface area (Å²) < 4.78 is 5.47. The molecule has 0 saturated carbocycles. The standard InChI is InChI=1S/C24H25N3O3/c1-24(2,17-28)21-11-8-16-25-22(21)26(3)19-12-14-20(15-13-19)30-23(29)27(4)18-9-6-5-7-10-18/h5-17H,1-4H3. The maximum atomic E-state index is 12.4. The lowest BCUT2D eigenvalue weighted by atomic mass is 9.86. The number of pyridine rings is 1. The topological polar surface area (TPSA) is 62.7 Å². The molecule has 2 aromatic carbocycles. The molecule has 0 radical (unpaired) electrons. The minimum Gasteiger partial charge on any atom is -0.410 e. The van der Waals surface area contributed by atoms with Crippen molar-refractivity contribution in [3.05, 3.63) is 78.5 Å². The molecule has 1 heterocycles. The quantitative estimate of drug-likeness (QED) is 0.544. The Kier molecular flexibility index (Phi) is 6.16. The van der Waals surface area contributed by atoms with Gasteiger partial charge in [0.1, 0.15) is 17.9 Å². The van der Waals surface area contributed by atoms with Gasteiger partial charge in [-0.2, -0.15) is 0 Å². The summed E-state index contributed by atoms with van der Waals surface area (Å²) in [4.78, 5) is 31.8. The molecule has 3 aromatic rings. The largest absolute Gasteiger partial charge is 0.419 e. The Bertz CT molecular complexity index is 1020. The zero-order chi connectivity index (χ0) is 21.7. The molecule has 30 heavy (non-hydrogen) atoms. The number of carbonyl (C=O) groups is 2. The molecular weight excluding hydrogens is 378 g/mol. The molecule has 3 rings (SSSR count). The lowest BCUT2D eigenvalue weighted by Gasteiger charge is -2.26. The van der Waals surface area contributed by atoms with Crippen LogP contribution in [-0.4, -0.2) is 31.5 Å². The summed E-state index contributed by atoms with van der Waals surface area (Å²) in [7, 11) is 3.55. The second-order valence-corrected chi connectivity index (χ2v) is 7.53. The van der Waals surface area contributed by atoms with E-state index >= 15 is 0 Å². The van der Waals surface area contributed by atoms with Crippen LogP contribution >= 0.6 is 0 Å². The number of hydrogen-bond acceptors (Lipinski definition) is 5. The molecule has 0 aliphatic carbocycles.